The molecule has 23 heavy (non-hydrogen) atoms. The molecule has 1 amide bonds. The van der Waals surface area contributed by atoms with E-state index in [-0.39, 0.29) is 11.9 Å². The first kappa shape index (κ1) is 13.8. The second-order valence-electron chi connectivity index (χ2n) is 5.82. The standard InChI is InChI=1S/C21H17NO/c23-21-19-14-8-7-13-18(19)20(17-11-5-2-6-12-17)22(21)15-16-9-3-1-4-10-16/h1-14,20H,15H2/t20-/m1/s1. The van der Waals surface area contributed by atoms with Crippen LogP contribution in [0.3, 0.4) is 0 Å². The number of fused-ring (bicyclic) bond motifs is 1. The van der Waals surface area contributed by atoms with Crippen molar-refractivity contribution in [3.63, 3.8) is 0 Å². The molecule has 1 aliphatic rings. The monoisotopic (exact) mass is 299 g/mol. The van der Waals surface area contributed by atoms with Crippen molar-refractivity contribution in [1.29, 1.82) is 0 Å². The minimum Gasteiger partial charge on any atom is -0.323 e. The summed E-state index contributed by atoms with van der Waals surface area (Å²) in [6.45, 7) is 0.619. The number of amides is 1. The summed E-state index contributed by atoms with van der Waals surface area (Å²) >= 11 is 0. The number of hydrogen-bond donors (Lipinski definition) is 0. The van der Waals surface area contributed by atoms with E-state index < -0.39 is 0 Å². The molecule has 0 spiro atoms. The fourth-order valence-corrected chi connectivity index (χ4v) is 3.31. The third-order valence-electron chi connectivity index (χ3n) is 4.37. The van der Waals surface area contributed by atoms with Crippen LogP contribution in [0.4, 0.5) is 0 Å². The Morgan fingerprint density at radius 1 is 0.739 bits per heavy atom. The lowest BCUT2D eigenvalue weighted by Crippen LogP contribution is -2.28. The topological polar surface area (TPSA) is 20.3 Å². The third kappa shape index (κ3) is 2.42. The van der Waals surface area contributed by atoms with Gasteiger partial charge in [-0.05, 0) is 22.8 Å². The molecule has 2 heteroatoms. The van der Waals surface area contributed by atoms with Gasteiger partial charge >= 0.3 is 0 Å². The van der Waals surface area contributed by atoms with Gasteiger partial charge in [-0.3, -0.25) is 4.79 Å². The molecule has 0 fully saturated rings. The van der Waals surface area contributed by atoms with Crippen LogP contribution in [0.1, 0.15) is 33.1 Å². The lowest BCUT2D eigenvalue weighted by Gasteiger charge is -2.26. The van der Waals surface area contributed by atoms with E-state index in [9.17, 15) is 4.79 Å². The molecule has 0 saturated carbocycles. The number of carbonyl (C=O) groups excluding carboxylic acids is 1. The Bertz CT molecular complexity index is 827. The largest absolute Gasteiger partial charge is 0.323 e. The molecule has 112 valence electrons. The Balaban J connectivity index is 1.79. The van der Waals surface area contributed by atoms with E-state index in [4.69, 9.17) is 0 Å². The highest BCUT2D eigenvalue weighted by Gasteiger charge is 2.37. The van der Waals surface area contributed by atoms with Crippen LogP contribution in [-0.4, -0.2) is 10.8 Å². The molecular formula is C21H17NO. The molecule has 3 aromatic carbocycles. The summed E-state index contributed by atoms with van der Waals surface area (Å²) in [4.78, 5) is 14.9. The van der Waals surface area contributed by atoms with Crippen LogP contribution >= 0.6 is 0 Å². The van der Waals surface area contributed by atoms with Gasteiger partial charge in [-0.1, -0.05) is 78.9 Å². The lowest BCUT2D eigenvalue weighted by molar-refractivity contribution is 0.0736. The Labute approximate surface area is 136 Å². The highest BCUT2D eigenvalue weighted by molar-refractivity contribution is 5.99. The van der Waals surface area contributed by atoms with Crippen molar-refractivity contribution < 1.29 is 4.79 Å². The maximum atomic E-state index is 12.9. The Kier molecular flexibility index (Phi) is 3.43. The van der Waals surface area contributed by atoms with Gasteiger partial charge in [0.05, 0.1) is 6.04 Å². The number of hydrogen-bond acceptors (Lipinski definition) is 1. The molecule has 1 aliphatic heterocycles. The van der Waals surface area contributed by atoms with E-state index in [0.717, 1.165) is 22.3 Å². The third-order valence-corrected chi connectivity index (χ3v) is 4.37. The van der Waals surface area contributed by atoms with Gasteiger partial charge in [-0.2, -0.15) is 0 Å². The van der Waals surface area contributed by atoms with Crippen LogP contribution in [-0.2, 0) is 6.54 Å². The molecule has 4 rings (SSSR count). The maximum Gasteiger partial charge on any atom is 0.255 e. The molecule has 0 saturated heterocycles. The SMILES string of the molecule is O=C1c2ccccc2[C@@H](c2ccccc2)N1Cc1ccccc1. The van der Waals surface area contributed by atoms with E-state index in [0.29, 0.717) is 6.54 Å². The Morgan fingerprint density at radius 3 is 2.09 bits per heavy atom. The maximum absolute atomic E-state index is 12.9. The zero-order valence-electron chi connectivity index (χ0n) is 12.7. The quantitative estimate of drug-likeness (QED) is 0.700. The Hall–Kier alpha value is -2.87. The first-order valence-electron chi connectivity index (χ1n) is 7.83. The molecule has 0 aromatic heterocycles. The van der Waals surface area contributed by atoms with Crippen molar-refractivity contribution in [3.05, 3.63) is 107 Å². The molecule has 3 aromatic rings. The van der Waals surface area contributed by atoms with Crippen LogP contribution in [0.5, 0.6) is 0 Å². The van der Waals surface area contributed by atoms with Crippen LogP contribution in [0.15, 0.2) is 84.9 Å². The zero-order valence-corrected chi connectivity index (χ0v) is 12.7. The fraction of sp³-hybridized carbons (Fsp3) is 0.0952. The number of benzene rings is 3. The summed E-state index contributed by atoms with van der Waals surface area (Å²) in [6, 6.07) is 28.3. The molecular weight excluding hydrogens is 282 g/mol. The summed E-state index contributed by atoms with van der Waals surface area (Å²) in [5.41, 5.74) is 4.22. The highest BCUT2D eigenvalue weighted by Crippen LogP contribution is 2.39. The van der Waals surface area contributed by atoms with Crippen LogP contribution < -0.4 is 0 Å². The predicted molar refractivity (Wildman–Crippen MR) is 91.0 cm³/mol. The molecule has 2 nitrogen and oxygen atoms in total. The molecule has 0 bridgehead atoms. The summed E-state index contributed by atoms with van der Waals surface area (Å²) in [5, 5.41) is 0. The molecule has 1 atom stereocenters. The molecule has 0 N–H and O–H groups in total. The van der Waals surface area contributed by atoms with Gasteiger partial charge in [0, 0.05) is 12.1 Å². The van der Waals surface area contributed by atoms with Gasteiger partial charge < -0.3 is 4.90 Å². The fourth-order valence-electron chi connectivity index (χ4n) is 3.31. The van der Waals surface area contributed by atoms with Crippen molar-refractivity contribution in [2.24, 2.45) is 0 Å². The van der Waals surface area contributed by atoms with E-state index in [2.05, 4.69) is 30.3 Å². The minimum absolute atomic E-state index is 0.0138. The zero-order chi connectivity index (χ0) is 15.6. The number of rotatable bonds is 3. The summed E-state index contributed by atoms with van der Waals surface area (Å²) in [6.07, 6.45) is 0. The summed E-state index contributed by atoms with van der Waals surface area (Å²) in [5.74, 6) is 0.110. The van der Waals surface area contributed by atoms with Crippen LogP contribution in [0, 0.1) is 0 Å². The van der Waals surface area contributed by atoms with E-state index in [1.54, 1.807) is 0 Å². The van der Waals surface area contributed by atoms with Crippen molar-refractivity contribution in [2.75, 3.05) is 0 Å². The second-order valence-corrected chi connectivity index (χ2v) is 5.82. The van der Waals surface area contributed by atoms with Crippen molar-refractivity contribution >= 4 is 5.91 Å². The highest BCUT2D eigenvalue weighted by atomic mass is 16.2. The molecule has 0 unspecified atom stereocenters. The lowest BCUT2D eigenvalue weighted by atomic mass is 9.98. The van der Waals surface area contributed by atoms with Crippen LogP contribution in [0.25, 0.3) is 0 Å². The smallest absolute Gasteiger partial charge is 0.255 e. The predicted octanol–water partition coefficient (Wildman–Crippen LogP) is 4.43. The minimum atomic E-state index is -0.0138. The van der Waals surface area contributed by atoms with Gasteiger partial charge in [0.25, 0.3) is 5.91 Å². The summed E-state index contributed by atoms with van der Waals surface area (Å²) in [7, 11) is 0. The number of carbonyl (C=O) groups is 1. The van der Waals surface area contributed by atoms with E-state index in [1.807, 2.05) is 59.5 Å². The van der Waals surface area contributed by atoms with Crippen molar-refractivity contribution in [2.45, 2.75) is 12.6 Å². The van der Waals surface area contributed by atoms with Gasteiger partial charge in [0.15, 0.2) is 0 Å². The van der Waals surface area contributed by atoms with Gasteiger partial charge in [0.2, 0.25) is 0 Å². The molecule has 0 radical (unpaired) electrons. The summed E-state index contributed by atoms with van der Waals surface area (Å²) < 4.78 is 0. The van der Waals surface area contributed by atoms with E-state index >= 15 is 0 Å². The second kappa shape index (κ2) is 5.73. The van der Waals surface area contributed by atoms with Gasteiger partial charge in [-0.25, -0.2) is 0 Å². The number of nitrogens with zero attached hydrogens (tertiary/aromatic N) is 1. The molecule has 0 aliphatic carbocycles. The Morgan fingerprint density at radius 2 is 1.35 bits per heavy atom. The van der Waals surface area contributed by atoms with Crippen molar-refractivity contribution in [1.82, 2.24) is 4.90 Å². The average molecular weight is 299 g/mol. The molecule has 1 heterocycles. The van der Waals surface area contributed by atoms with Crippen LogP contribution in [0.2, 0.25) is 0 Å². The van der Waals surface area contributed by atoms with Gasteiger partial charge in [-0.15, -0.1) is 0 Å². The van der Waals surface area contributed by atoms with Gasteiger partial charge in [0.1, 0.15) is 0 Å². The first-order chi connectivity index (χ1) is 11.3. The normalized spacial score (nSPS) is 16.4. The first-order valence-corrected chi connectivity index (χ1v) is 7.83. The van der Waals surface area contributed by atoms with Crippen molar-refractivity contribution in [3.8, 4) is 0 Å². The van der Waals surface area contributed by atoms with E-state index in [1.165, 1.54) is 0 Å². The average Bonchev–Trinajstić information content (AvgIpc) is 2.89.